The lowest BCUT2D eigenvalue weighted by Crippen LogP contribution is -2.52. The normalized spacial score (nSPS) is 16.3. The molecule has 1 N–H and O–H groups in total. The van der Waals surface area contributed by atoms with Crippen molar-refractivity contribution in [2.75, 3.05) is 44.2 Å². The maximum absolute atomic E-state index is 12.9. The highest BCUT2D eigenvalue weighted by molar-refractivity contribution is 5.98. The molecule has 3 amide bonds. The van der Waals surface area contributed by atoms with E-state index in [1.165, 1.54) is 11.1 Å². The molecule has 2 aliphatic heterocycles. The van der Waals surface area contributed by atoms with Crippen LogP contribution < -0.4 is 10.2 Å². The van der Waals surface area contributed by atoms with E-state index in [9.17, 15) is 14.4 Å². The maximum atomic E-state index is 12.9. The van der Waals surface area contributed by atoms with Crippen molar-refractivity contribution in [1.82, 2.24) is 15.1 Å². The van der Waals surface area contributed by atoms with E-state index in [0.717, 1.165) is 25.2 Å². The van der Waals surface area contributed by atoms with Gasteiger partial charge in [0.25, 0.3) is 5.91 Å². The van der Waals surface area contributed by atoms with Crippen LogP contribution in [-0.4, -0.2) is 66.8 Å². The zero-order valence-corrected chi connectivity index (χ0v) is 20.9. The topological polar surface area (TPSA) is 73.0 Å². The predicted molar refractivity (Wildman–Crippen MR) is 143 cm³/mol. The second-order valence-corrected chi connectivity index (χ2v) is 9.52. The minimum Gasteiger partial charge on any atom is -0.343 e. The smallest absolute Gasteiger partial charge is 0.251 e. The van der Waals surface area contributed by atoms with E-state index in [0.29, 0.717) is 31.6 Å². The Morgan fingerprint density at radius 2 is 1.35 bits per heavy atom. The number of nitrogens with zero attached hydrogens (tertiary/aromatic N) is 3. The number of carbonyl (C=O) groups excluding carboxylic acids is 3. The minimum absolute atomic E-state index is 0.0357. The molecule has 2 aliphatic rings. The molecule has 7 nitrogen and oxygen atoms in total. The van der Waals surface area contributed by atoms with E-state index in [2.05, 4.69) is 58.7 Å². The number of hydrogen-bond donors (Lipinski definition) is 1. The number of amides is 3. The third kappa shape index (κ3) is 5.73. The highest BCUT2D eigenvalue weighted by atomic mass is 16.2. The van der Waals surface area contributed by atoms with Crippen LogP contribution in [0.25, 0.3) is 0 Å². The van der Waals surface area contributed by atoms with Crippen molar-refractivity contribution in [2.45, 2.75) is 18.9 Å². The summed E-state index contributed by atoms with van der Waals surface area (Å²) < 4.78 is 0. The highest BCUT2D eigenvalue weighted by Crippen LogP contribution is 2.29. The van der Waals surface area contributed by atoms with Crippen LogP contribution in [0.15, 0.2) is 84.9 Å². The molecule has 0 atom stereocenters. The SMILES string of the molecule is O=C(NCC(=O)N1CCN(C(c2ccccc2)c2ccccc2)CC1)c1ccc(N2CCCC2=O)cc1. The van der Waals surface area contributed by atoms with Gasteiger partial charge in [-0.25, -0.2) is 0 Å². The lowest BCUT2D eigenvalue weighted by Gasteiger charge is -2.39. The molecule has 2 saturated heterocycles. The van der Waals surface area contributed by atoms with Crippen LogP contribution in [0.3, 0.4) is 0 Å². The molecular formula is C30H32N4O3. The standard InChI is InChI=1S/C30H32N4O3/c35-27-12-7-17-34(27)26-15-13-25(14-16-26)30(37)31-22-28(36)32-18-20-33(21-19-32)29(23-8-3-1-4-9-23)24-10-5-2-6-11-24/h1-6,8-11,13-16,29H,7,12,17-22H2,(H,31,37). The lowest BCUT2D eigenvalue weighted by molar-refractivity contribution is -0.132. The van der Waals surface area contributed by atoms with Crippen molar-refractivity contribution in [1.29, 1.82) is 0 Å². The van der Waals surface area contributed by atoms with Crippen molar-refractivity contribution in [3.05, 3.63) is 102 Å². The molecule has 37 heavy (non-hydrogen) atoms. The third-order valence-electron chi connectivity index (χ3n) is 7.18. The fourth-order valence-corrected chi connectivity index (χ4v) is 5.20. The van der Waals surface area contributed by atoms with E-state index in [1.54, 1.807) is 29.2 Å². The number of benzene rings is 3. The fraction of sp³-hybridized carbons (Fsp3) is 0.300. The Labute approximate surface area is 217 Å². The molecule has 0 aliphatic carbocycles. The first-order chi connectivity index (χ1) is 18.1. The lowest BCUT2D eigenvalue weighted by atomic mass is 9.96. The van der Waals surface area contributed by atoms with Gasteiger partial charge in [0.05, 0.1) is 12.6 Å². The largest absolute Gasteiger partial charge is 0.343 e. The summed E-state index contributed by atoms with van der Waals surface area (Å²) in [5.41, 5.74) is 3.75. The van der Waals surface area contributed by atoms with Crippen LogP contribution >= 0.6 is 0 Å². The molecule has 3 aromatic rings. The number of carbonyl (C=O) groups is 3. The molecular weight excluding hydrogens is 464 g/mol. The molecule has 7 heteroatoms. The van der Waals surface area contributed by atoms with Gasteiger partial charge < -0.3 is 15.1 Å². The Balaban J connectivity index is 1.15. The van der Waals surface area contributed by atoms with Gasteiger partial charge in [-0.1, -0.05) is 60.7 Å². The number of piperazine rings is 1. The van der Waals surface area contributed by atoms with E-state index >= 15 is 0 Å². The van der Waals surface area contributed by atoms with Gasteiger partial charge in [0, 0.05) is 50.4 Å². The van der Waals surface area contributed by atoms with Gasteiger partial charge >= 0.3 is 0 Å². The van der Waals surface area contributed by atoms with Crippen LogP contribution in [0.5, 0.6) is 0 Å². The molecule has 190 valence electrons. The van der Waals surface area contributed by atoms with Crippen molar-refractivity contribution < 1.29 is 14.4 Å². The Morgan fingerprint density at radius 1 is 0.757 bits per heavy atom. The van der Waals surface area contributed by atoms with Crippen LogP contribution in [-0.2, 0) is 9.59 Å². The summed E-state index contributed by atoms with van der Waals surface area (Å²) in [5.74, 6) is -0.260. The summed E-state index contributed by atoms with van der Waals surface area (Å²) in [7, 11) is 0. The number of anilines is 1. The average Bonchev–Trinajstić information content (AvgIpc) is 3.39. The van der Waals surface area contributed by atoms with Crippen molar-refractivity contribution >= 4 is 23.4 Å². The zero-order valence-electron chi connectivity index (χ0n) is 20.9. The zero-order chi connectivity index (χ0) is 25.6. The van der Waals surface area contributed by atoms with Gasteiger partial charge in [0.1, 0.15) is 0 Å². The average molecular weight is 497 g/mol. The number of nitrogens with one attached hydrogen (secondary N) is 1. The summed E-state index contributed by atoms with van der Waals surface area (Å²) >= 11 is 0. The van der Waals surface area contributed by atoms with Crippen molar-refractivity contribution in [3.63, 3.8) is 0 Å². The Morgan fingerprint density at radius 3 is 1.89 bits per heavy atom. The number of rotatable bonds is 7. The van der Waals surface area contributed by atoms with E-state index in [1.807, 2.05) is 17.0 Å². The van der Waals surface area contributed by atoms with E-state index < -0.39 is 0 Å². The number of hydrogen-bond acceptors (Lipinski definition) is 4. The van der Waals surface area contributed by atoms with Crippen LogP contribution in [0.4, 0.5) is 5.69 Å². The van der Waals surface area contributed by atoms with Gasteiger partial charge in [-0.15, -0.1) is 0 Å². The quantitative estimate of drug-likeness (QED) is 0.544. The summed E-state index contributed by atoms with van der Waals surface area (Å²) in [6.07, 6.45) is 1.42. The molecule has 3 aromatic carbocycles. The van der Waals surface area contributed by atoms with Crippen molar-refractivity contribution in [2.24, 2.45) is 0 Å². The van der Waals surface area contributed by atoms with Gasteiger partial charge in [0.15, 0.2) is 0 Å². The van der Waals surface area contributed by atoms with Gasteiger partial charge in [0.2, 0.25) is 11.8 Å². The molecule has 0 radical (unpaired) electrons. The molecule has 0 spiro atoms. The first-order valence-corrected chi connectivity index (χ1v) is 12.9. The second-order valence-electron chi connectivity index (χ2n) is 9.52. The fourth-order valence-electron chi connectivity index (χ4n) is 5.20. The molecule has 5 rings (SSSR count). The summed E-state index contributed by atoms with van der Waals surface area (Å²) in [5, 5.41) is 2.76. The second kappa shape index (κ2) is 11.4. The molecule has 0 bridgehead atoms. The van der Waals surface area contributed by atoms with Gasteiger partial charge in [-0.2, -0.15) is 0 Å². The summed E-state index contributed by atoms with van der Waals surface area (Å²) in [6, 6.07) is 28.0. The van der Waals surface area contributed by atoms with Crippen molar-refractivity contribution in [3.8, 4) is 0 Å². The van der Waals surface area contributed by atoms with E-state index in [-0.39, 0.29) is 30.3 Å². The molecule has 0 unspecified atom stereocenters. The van der Waals surface area contributed by atoms with Crippen LogP contribution in [0.2, 0.25) is 0 Å². The summed E-state index contributed by atoms with van der Waals surface area (Å²) in [4.78, 5) is 43.4. The first-order valence-electron chi connectivity index (χ1n) is 12.9. The molecule has 2 fully saturated rings. The van der Waals surface area contributed by atoms with E-state index in [4.69, 9.17) is 0 Å². The van der Waals surface area contributed by atoms with Gasteiger partial charge in [-0.05, 0) is 41.8 Å². The molecule has 0 saturated carbocycles. The molecule has 2 heterocycles. The monoisotopic (exact) mass is 496 g/mol. The Bertz CT molecular complexity index is 1180. The third-order valence-corrected chi connectivity index (χ3v) is 7.18. The van der Waals surface area contributed by atoms with Gasteiger partial charge in [-0.3, -0.25) is 19.3 Å². The first kappa shape index (κ1) is 24.7. The summed E-state index contributed by atoms with van der Waals surface area (Å²) in [6.45, 7) is 3.41. The van der Waals surface area contributed by atoms with Crippen LogP contribution in [0.1, 0.15) is 40.4 Å². The highest BCUT2D eigenvalue weighted by Gasteiger charge is 2.28. The predicted octanol–water partition coefficient (Wildman–Crippen LogP) is 3.48. The Hall–Kier alpha value is -3.97. The minimum atomic E-state index is -0.292. The maximum Gasteiger partial charge on any atom is 0.251 e. The Kier molecular flexibility index (Phi) is 7.61. The van der Waals surface area contributed by atoms with Crippen LogP contribution in [0, 0.1) is 0 Å². The molecule has 0 aromatic heterocycles.